The van der Waals surface area contributed by atoms with Crippen LogP contribution in [-0.4, -0.2) is 53.9 Å². The van der Waals surface area contributed by atoms with Gasteiger partial charge in [-0.15, -0.1) is 0 Å². The van der Waals surface area contributed by atoms with E-state index >= 15 is 0 Å². The summed E-state index contributed by atoms with van der Waals surface area (Å²) in [5.74, 6) is -2.53. The maximum Gasteiger partial charge on any atom is 0.322 e. The van der Waals surface area contributed by atoms with Crippen LogP contribution in [0.1, 0.15) is 59.8 Å². The molecule has 7 nitrogen and oxygen atoms in total. The number of rotatable bonds is 16. The fourth-order valence-electron chi connectivity index (χ4n) is 2.38. The smallest absolute Gasteiger partial charge is 0.322 e. The summed E-state index contributed by atoms with van der Waals surface area (Å²) in [5, 5.41) is 17.8. The highest BCUT2D eigenvalue weighted by Crippen LogP contribution is 2.13. The first-order valence-corrected chi connectivity index (χ1v) is 12.7. The Kier molecular flexibility index (Phi) is 14.5. The Morgan fingerprint density at radius 1 is 0.933 bits per heavy atom. The molecule has 0 aliphatic heterocycles. The van der Waals surface area contributed by atoms with Crippen molar-refractivity contribution in [3.05, 3.63) is 34.9 Å². The standard InChI is InChI=1S/C21H35NO6S2/c1-16(2)7-5-8-17(3)9-6-10-18(4)11-13-29-15-19(21(25)26)22-30(27,28)14-12-20(23)24/h7,9,11,19,22H,5-6,8,10,12-15H2,1-4H3,(H,23,24)(H,25,26)/b17-9+,18-11+. The molecular weight excluding hydrogens is 426 g/mol. The molecule has 0 saturated carbocycles. The average molecular weight is 462 g/mol. The van der Waals surface area contributed by atoms with Gasteiger partial charge in [0.1, 0.15) is 6.04 Å². The molecule has 1 unspecified atom stereocenters. The summed E-state index contributed by atoms with van der Waals surface area (Å²) in [5.41, 5.74) is 3.90. The number of carboxylic acid groups (broad SMARTS) is 2. The maximum absolute atomic E-state index is 11.8. The van der Waals surface area contributed by atoms with Crippen LogP contribution in [-0.2, 0) is 19.6 Å². The van der Waals surface area contributed by atoms with Crippen molar-refractivity contribution in [2.24, 2.45) is 0 Å². The molecule has 0 heterocycles. The molecule has 0 aromatic rings. The molecule has 0 aromatic heterocycles. The zero-order valence-electron chi connectivity index (χ0n) is 18.3. The summed E-state index contributed by atoms with van der Waals surface area (Å²) in [6.45, 7) is 8.35. The van der Waals surface area contributed by atoms with Crippen molar-refractivity contribution in [3.8, 4) is 0 Å². The molecule has 0 rings (SSSR count). The Labute approximate surface area is 184 Å². The Hall–Kier alpha value is -1.58. The lowest BCUT2D eigenvalue weighted by Crippen LogP contribution is -2.43. The summed E-state index contributed by atoms with van der Waals surface area (Å²) in [7, 11) is -3.96. The van der Waals surface area contributed by atoms with Gasteiger partial charge >= 0.3 is 11.9 Å². The maximum atomic E-state index is 11.8. The van der Waals surface area contributed by atoms with Crippen LogP contribution in [0.15, 0.2) is 34.9 Å². The minimum absolute atomic E-state index is 0.0643. The Bertz CT molecular complexity index is 749. The van der Waals surface area contributed by atoms with E-state index in [1.165, 1.54) is 28.5 Å². The van der Waals surface area contributed by atoms with E-state index in [9.17, 15) is 23.1 Å². The molecule has 1 atom stereocenters. The molecule has 0 radical (unpaired) electrons. The Balaban J connectivity index is 4.36. The summed E-state index contributed by atoms with van der Waals surface area (Å²) in [6.07, 6.45) is 9.92. The number of hydrogen-bond donors (Lipinski definition) is 3. The van der Waals surface area contributed by atoms with Crippen LogP contribution >= 0.6 is 11.8 Å². The topological polar surface area (TPSA) is 121 Å². The number of carbonyl (C=O) groups is 2. The van der Waals surface area contributed by atoms with Crippen molar-refractivity contribution in [2.75, 3.05) is 17.3 Å². The molecule has 9 heteroatoms. The molecule has 3 N–H and O–H groups in total. The van der Waals surface area contributed by atoms with Gasteiger partial charge in [-0.3, -0.25) is 9.59 Å². The molecule has 0 aliphatic carbocycles. The van der Waals surface area contributed by atoms with Crippen molar-refractivity contribution in [1.29, 1.82) is 0 Å². The molecule has 30 heavy (non-hydrogen) atoms. The van der Waals surface area contributed by atoms with Crippen LogP contribution in [0.5, 0.6) is 0 Å². The van der Waals surface area contributed by atoms with E-state index in [1.807, 2.05) is 13.0 Å². The predicted octanol–water partition coefficient (Wildman–Crippen LogP) is 3.99. The van der Waals surface area contributed by atoms with Gasteiger partial charge in [0.15, 0.2) is 0 Å². The highest BCUT2D eigenvalue weighted by Gasteiger charge is 2.24. The number of hydrogen-bond acceptors (Lipinski definition) is 5. The van der Waals surface area contributed by atoms with Crippen LogP contribution in [0.3, 0.4) is 0 Å². The SMILES string of the molecule is CC(C)=CCC/C(C)=C/CC/C(C)=C/CSCC(NS(=O)(=O)CCC(=O)O)C(=O)O. The lowest BCUT2D eigenvalue weighted by Gasteiger charge is -2.13. The van der Waals surface area contributed by atoms with Crippen LogP contribution in [0.4, 0.5) is 0 Å². The first-order chi connectivity index (χ1) is 13.9. The van der Waals surface area contributed by atoms with E-state index in [4.69, 9.17) is 5.11 Å². The average Bonchev–Trinajstić information content (AvgIpc) is 2.62. The fourth-order valence-corrected chi connectivity index (χ4v) is 4.66. The van der Waals surface area contributed by atoms with Crippen LogP contribution in [0.2, 0.25) is 0 Å². The highest BCUT2D eigenvalue weighted by molar-refractivity contribution is 7.99. The van der Waals surface area contributed by atoms with E-state index < -0.39 is 40.2 Å². The zero-order valence-corrected chi connectivity index (χ0v) is 19.9. The largest absolute Gasteiger partial charge is 0.481 e. The van der Waals surface area contributed by atoms with Gasteiger partial charge in [0, 0.05) is 11.5 Å². The van der Waals surface area contributed by atoms with Gasteiger partial charge in [-0.25, -0.2) is 13.1 Å². The van der Waals surface area contributed by atoms with Crippen LogP contribution in [0, 0.1) is 0 Å². The van der Waals surface area contributed by atoms with Gasteiger partial charge in [-0.1, -0.05) is 34.9 Å². The van der Waals surface area contributed by atoms with Crippen LogP contribution < -0.4 is 4.72 Å². The second kappa shape index (κ2) is 15.3. The third kappa shape index (κ3) is 16.2. The third-order valence-electron chi connectivity index (χ3n) is 4.16. The van der Waals surface area contributed by atoms with Gasteiger partial charge in [0.05, 0.1) is 12.2 Å². The molecule has 0 spiro atoms. The molecular formula is C21H35NO6S2. The molecule has 0 aromatic carbocycles. The molecule has 0 aliphatic rings. The summed E-state index contributed by atoms with van der Waals surface area (Å²) in [6, 6.07) is -1.28. The lowest BCUT2D eigenvalue weighted by atomic mass is 10.1. The third-order valence-corrected chi connectivity index (χ3v) is 6.52. The second-order valence-electron chi connectivity index (χ2n) is 7.47. The van der Waals surface area contributed by atoms with E-state index in [1.54, 1.807) is 0 Å². The quantitative estimate of drug-likeness (QED) is 0.235. The van der Waals surface area contributed by atoms with Crippen molar-refractivity contribution in [1.82, 2.24) is 4.72 Å². The van der Waals surface area contributed by atoms with E-state index in [-0.39, 0.29) is 5.75 Å². The van der Waals surface area contributed by atoms with Crippen molar-refractivity contribution >= 4 is 33.7 Å². The summed E-state index contributed by atoms with van der Waals surface area (Å²) in [4.78, 5) is 21.8. The minimum Gasteiger partial charge on any atom is -0.481 e. The normalized spacial score (nSPS) is 13.7. The summed E-state index contributed by atoms with van der Waals surface area (Å²) >= 11 is 1.31. The Morgan fingerprint density at radius 2 is 1.50 bits per heavy atom. The van der Waals surface area contributed by atoms with Gasteiger partial charge in [-0.05, 0) is 53.4 Å². The predicted molar refractivity (Wildman–Crippen MR) is 123 cm³/mol. The highest BCUT2D eigenvalue weighted by atomic mass is 32.2. The summed E-state index contributed by atoms with van der Waals surface area (Å²) < 4.78 is 25.7. The van der Waals surface area contributed by atoms with Crippen molar-refractivity contribution in [2.45, 2.75) is 65.8 Å². The first kappa shape index (κ1) is 28.4. The van der Waals surface area contributed by atoms with Crippen molar-refractivity contribution in [3.63, 3.8) is 0 Å². The molecule has 0 bridgehead atoms. The number of allylic oxidation sites excluding steroid dienone is 5. The molecule has 0 amide bonds. The van der Waals surface area contributed by atoms with Gasteiger partial charge in [-0.2, -0.15) is 11.8 Å². The minimum atomic E-state index is -3.96. The lowest BCUT2D eigenvalue weighted by molar-refractivity contribution is -0.138. The Morgan fingerprint density at radius 3 is 2.03 bits per heavy atom. The monoisotopic (exact) mass is 461 g/mol. The molecule has 0 fully saturated rings. The van der Waals surface area contributed by atoms with Gasteiger partial charge in [0.25, 0.3) is 0 Å². The van der Waals surface area contributed by atoms with Crippen molar-refractivity contribution < 1.29 is 28.2 Å². The van der Waals surface area contributed by atoms with E-state index in [2.05, 4.69) is 37.6 Å². The number of thioether (sulfide) groups is 1. The van der Waals surface area contributed by atoms with Gasteiger partial charge < -0.3 is 10.2 Å². The van der Waals surface area contributed by atoms with E-state index in [0.717, 1.165) is 25.7 Å². The molecule has 0 saturated heterocycles. The number of aliphatic carboxylic acids is 2. The second-order valence-corrected chi connectivity index (χ2v) is 10.4. The number of nitrogens with one attached hydrogen (secondary N) is 1. The van der Waals surface area contributed by atoms with Gasteiger partial charge in [0.2, 0.25) is 10.0 Å². The first-order valence-electron chi connectivity index (χ1n) is 9.90. The molecule has 172 valence electrons. The number of sulfonamides is 1. The number of carboxylic acids is 2. The zero-order chi connectivity index (χ0) is 23.2. The van der Waals surface area contributed by atoms with E-state index in [0.29, 0.717) is 5.75 Å². The van der Waals surface area contributed by atoms with Crippen LogP contribution in [0.25, 0.3) is 0 Å². The fraction of sp³-hybridized carbons (Fsp3) is 0.619.